The fraction of sp³-hybridized carbons (Fsp3) is 0.889. The van der Waals surface area contributed by atoms with Gasteiger partial charge >= 0.3 is 0 Å². The standard InChI is InChI=1S/C9H19N5/c1-4-7-10-8(2)5-6-9-11-13-14(3)12-9/h8,10H,4-7H2,1-3H3. The van der Waals surface area contributed by atoms with Crippen LogP contribution in [0, 0.1) is 0 Å². The van der Waals surface area contributed by atoms with Crippen LogP contribution in [0.15, 0.2) is 0 Å². The number of nitrogens with one attached hydrogen (secondary N) is 1. The maximum atomic E-state index is 4.13. The summed E-state index contributed by atoms with van der Waals surface area (Å²) < 4.78 is 0. The SMILES string of the molecule is CCCNC(C)CCc1nnn(C)n1. The number of aromatic nitrogens is 4. The highest BCUT2D eigenvalue weighted by atomic mass is 15.6. The second-order valence-electron chi connectivity index (χ2n) is 3.59. The highest BCUT2D eigenvalue weighted by Gasteiger charge is 2.04. The van der Waals surface area contributed by atoms with Crippen molar-refractivity contribution in [2.75, 3.05) is 6.54 Å². The summed E-state index contributed by atoms with van der Waals surface area (Å²) in [5, 5.41) is 15.3. The fourth-order valence-corrected chi connectivity index (χ4v) is 1.26. The van der Waals surface area contributed by atoms with Crippen LogP contribution in [0.3, 0.4) is 0 Å². The number of tetrazole rings is 1. The average molecular weight is 197 g/mol. The van der Waals surface area contributed by atoms with Crippen LogP contribution < -0.4 is 5.32 Å². The van der Waals surface area contributed by atoms with E-state index in [0.717, 1.165) is 25.2 Å². The van der Waals surface area contributed by atoms with Crippen molar-refractivity contribution in [2.24, 2.45) is 7.05 Å². The van der Waals surface area contributed by atoms with Gasteiger partial charge in [0.15, 0.2) is 5.82 Å². The zero-order valence-corrected chi connectivity index (χ0v) is 9.19. The van der Waals surface area contributed by atoms with E-state index < -0.39 is 0 Å². The van der Waals surface area contributed by atoms with Crippen LogP contribution in [0.25, 0.3) is 0 Å². The molecule has 1 aromatic rings. The van der Waals surface area contributed by atoms with E-state index in [4.69, 9.17) is 0 Å². The summed E-state index contributed by atoms with van der Waals surface area (Å²) in [6.07, 6.45) is 3.13. The molecule has 1 unspecified atom stereocenters. The van der Waals surface area contributed by atoms with Crippen LogP contribution in [-0.2, 0) is 13.5 Å². The molecule has 1 heterocycles. The van der Waals surface area contributed by atoms with E-state index in [-0.39, 0.29) is 0 Å². The summed E-state index contributed by atoms with van der Waals surface area (Å²) in [7, 11) is 1.79. The Morgan fingerprint density at radius 2 is 2.29 bits per heavy atom. The largest absolute Gasteiger partial charge is 0.314 e. The monoisotopic (exact) mass is 197 g/mol. The van der Waals surface area contributed by atoms with Gasteiger partial charge in [-0.2, -0.15) is 4.80 Å². The van der Waals surface area contributed by atoms with Crippen molar-refractivity contribution in [1.29, 1.82) is 0 Å². The molecule has 0 saturated heterocycles. The Morgan fingerprint density at radius 3 is 2.86 bits per heavy atom. The molecule has 0 saturated carbocycles. The molecule has 0 aliphatic rings. The second-order valence-corrected chi connectivity index (χ2v) is 3.59. The number of hydrogen-bond acceptors (Lipinski definition) is 4. The minimum Gasteiger partial charge on any atom is -0.314 e. The third kappa shape index (κ3) is 3.83. The van der Waals surface area contributed by atoms with Gasteiger partial charge in [0.1, 0.15) is 0 Å². The molecule has 0 radical (unpaired) electrons. The Hall–Kier alpha value is -0.970. The summed E-state index contributed by atoms with van der Waals surface area (Å²) in [6, 6.07) is 0.527. The number of rotatable bonds is 6. The minimum absolute atomic E-state index is 0.527. The molecule has 5 heteroatoms. The first-order chi connectivity index (χ1) is 6.72. The van der Waals surface area contributed by atoms with Crippen molar-refractivity contribution in [3.8, 4) is 0 Å². The van der Waals surface area contributed by atoms with Crippen LogP contribution in [0.2, 0.25) is 0 Å². The summed E-state index contributed by atoms with van der Waals surface area (Å²) in [4.78, 5) is 1.50. The summed E-state index contributed by atoms with van der Waals surface area (Å²) in [6.45, 7) is 5.44. The van der Waals surface area contributed by atoms with Crippen molar-refractivity contribution >= 4 is 0 Å². The lowest BCUT2D eigenvalue weighted by atomic mass is 10.2. The summed E-state index contributed by atoms with van der Waals surface area (Å²) >= 11 is 0. The van der Waals surface area contributed by atoms with Crippen LogP contribution >= 0.6 is 0 Å². The smallest absolute Gasteiger partial charge is 0.174 e. The lowest BCUT2D eigenvalue weighted by molar-refractivity contribution is 0.507. The van der Waals surface area contributed by atoms with Gasteiger partial charge in [-0.15, -0.1) is 10.2 Å². The molecular weight excluding hydrogens is 178 g/mol. The van der Waals surface area contributed by atoms with Crippen molar-refractivity contribution in [3.63, 3.8) is 0 Å². The third-order valence-corrected chi connectivity index (χ3v) is 2.09. The zero-order valence-electron chi connectivity index (χ0n) is 9.19. The minimum atomic E-state index is 0.527. The van der Waals surface area contributed by atoms with Gasteiger partial charge in [-0.05, 0) is 31.5 Å². The van der Waals surface area contributed by atoms with Crippen molar-refractivity contribution in [2.45, 2.75) is 39.2 Å². The molecule has 5 nitrogen and oxygen atoms in total. The maximum absolute atomic E-state index is 4.13. The topological polar surface area (TPSA) is 55.6 Å². The van der Waals surface area contributed by atoms with Crippen molar-refractivity contribution < 1.29 is 0 Å². The molecule has 0 fully saturated rings. The predicted octanol–water partition coefficient (Wildman–Crippen LogP) is 0.531. The highest BCUT2D eigenvalue weighted by Crippen LogP contribution is 1.97. The Morgan fingerprint density at radius 1 is 1.50 bits per heavy atom. The lowest BCUT2D eigenvalue weighted by Crippen LogP contribution is -2.27. The second kappa shape index (κ2) is 5.70. The van der Waals surface area contributed by atoms with Crippen molar-refractivity contribution in [1.82, 2.24) is 25.5 Å². The van der Waals surface area contributed by atoms with Gasteiger partial charge in [-0.1, -0.05) is 6.92 Å². The molecule has 0 spiro atoms. The highest BCUT2D eigenvalue weighted by molar-refractivity contribution is 4.78. The molecule has 0 aromatic carbocycles. The number of hydrogen-bond donors (Lipinski definition) is 1. The number of nitrogens with zero attached hydrogens (tertiary/aromatic N) is 4. The Bertz CT molecular complexity index is 257. The molecule has 1 atom stereocenters. The van der Waals surface area contributed by atoms with E-state index >= 15 is 0 Å². The molecule has 0 aliphatic heterocycles. The normalized spacial score (nSPS) is 13.1. The molecule has 14 heavy (non-hydrogen) atoms. The molecule has 1 rings (SSSR count). The van der Waals surface area contributed by atoms with Gasteiger partial charge in [0, 0.05) is 12.5 Å². The van der Waals surface area contributed by atoms with Gasteiger partial charge in [-0.3, -0.25) is 0 Å². The summed E-state index contributed by atoms with van der Waals surface area (Å²) in [5.74, 6) is 0.831. The Labute approximate surface area is 84.9 Å². The first-order valence-corrected chi connectivity index (χ1v) is 5.18. The van der Waals surface area contributed by atoms with Gasteiger partial charge in [0.2, 0.25) is 0 Å². The molecule has 0 bridgehead atoms. The van der Waals surface area contributed by atoms with Gasteiger partial charge in [0.05, 0.1) is 7.05 Å². The van der Waals surface area contributed by atoms with E-state index in [1.54, 1.807) is 7.05 Å². The summed E-state index contributed by atoms with van der Waals surface area (Å²) in [5.41, 5.74) is 0. The van der Waals surface area contributed by atoms with Crippen LogP contribution in [-0.4, -0.2) is 32.8 Å². The molecule has 0 amide bonds. The zero-order chi connectivity index (χ0) is 10.4. The van der Waals surface area contributed by atoms with Crippen LogP contribution in [0.5, 0.6) is 0 Å². The quantitative estimate of drug-likeness (QED) is 0.723. The number of aryl methyl sites for hydroxylation is 2. The van der Waals surface area contributed by atoms with E-state index in [1.165, 1.54) is 11.2 Å². The van der Waals surface area contributed by atoms with E-state index in [0.29, 0.717) is 6.04 Å². The molecular formula is C9H19N5. The van der Waals surface area contributed by atoms with Gasteiger partial charge in [-0.25, -0.2) is 0 Å². The third-order valence-electron chi connectivity index (χ3n) is 2.09. The lowest BCUT2D eigenvalue weighted by Gasteiger charge is -2.10. The fourth-order valence-electron chi connectivity index (χ4n) is 1.26. The van der Waals surface area contributed by atoms with Crippen molar-refractivity contribution in [3.05, 3.63) is 5.82 Å². The van der Waals surface area contributed by atoms with E-state index in [2.05, 4.69) is 34.6 Å². The van der Waals surface area contributed by atoms with Crippen LogP contribution in [0.1, 0.15) is 32.5 Å². The van der Waals surface area contributed by atoms with Gasteiger partial charge < -0.3 is 5.32 Å². The van der Waals surface area contributed by atoms with E-state index in [9.17, 15) is 0 Å². The average Bonchev–Trinajstić information content (AvgIpc) is 2.58. The first-order valence-electron chi connectivity index (χ1n) is 5.18. The Balaban J connectivity index is 2.20. The maximum Gasteiger partial charge on any atom is 0.174 e. The molecule has 1 N–H and O–H groups in total. The predicted molar refractivity (Wildman–Crippen MR) is 54.9 cm³/mol. The van der Waals surface area contributed by atoms with Gasteiger partial charge in [0.25, 0.3) is 0 Å². The molecule has 80 valence electrons. The van der Waals surface area contributed by atoms with Crippen LogP contribution in [0.4, 0.5) is 0 Å². The molecule has 1 aromatic heterocycles. The van der Waals surface area contributed by atoms with E-state index in [1.807, 2.05) is 0 Å². The molecule has 0 aliphatic carbocycles. The Kier molecular flexibility index (Phi) is 4.52. The first kappa shape index (κ1) is 11.1.